The van der Waals surface area contributed by atoms with Crippen molar-refractivity contribution in [2.24, 2.45) is 0 Å². The van der Waals surface area contributed by atoms with Crippen molar-refractivity contribution in [1.82, 2.24) is 9.78 Å². The molecule has 0 radical (unpaired) electrons. The van der Waals surface area contributed by atoms with Gasteiger partial charge in [0.1, 0.15) is 5.75 Å². The number of nitrogens with zero attached hydrogens (tertiary/aromatic N) is 2. The Morgan fingerprint density at radius 3 is 2.75 bits per heavy atom. The molecule has 2 rings (SSSR count). The summed E-state index contributed by atoms with van der Waals surface area (Å²) in [5.74, 6) is 0.806. The zero-order valence-corrected chi connectivity index (χ0v) is 12.3. The highest BCUT2D eigenvalue weighted by Crippen LogP contribution is 2.24. The third kappa shape index (κ3) is 3.44. The average Bonchev–Trinajstić information content (AvgIpc) is 2.75. The van der Waals surface area contributed by atoms with E-state index in [9.17, 15) is 0 Å². The van der Waals surface area contributed by atoms with Crippen LogP contribution in [0.5, 0.6) is 5.75 Å². The summed E-state index contributed by atoms with van der Waals surface area (Å²) in [6.45, 7) is 5.83. The van der Waals surface area contributed by atoms with E-state index in [-0.39, 0.29) is 0 Å². The van der Waals surface area contributed by atoms with Gasteiger partial charge in [-0.25, -0.2) is 0 Å². The minimum Gasteiger partial charge on any atom is -0.497 e. The van der Waals surface area contributed by atoms with Crippen molar-refractivity contribution in [2.75, 3.05) is 24.7 Å². The molecule has 1 aromatic carbocycles. The van der Waals surface area contributed by atoms with Crippen LogP contribution < -0.4 is 15.8 Å². The molecule has 0 aliphatic carbocycles. The summed E-state index contributed by atoms with van der Waals surface area (Å²) < 4.78 is 7.23. The Kier molecular flexibility index (Phi) is 4.50. The van der Waals surface area contributed by atoms with Gasteiger partial charge in [-0.3, -0.25) is 4.68 Å². The van der Waals surface area contributed by atoms with E-state index >= 15 is 0 Å². The van der Waals surface area contributed by atoms with Gasteiger partial charge in [-0.05, 0) is 38.5 Å². The Labute approximate surface area is 119 Å². The average molecular weight is 274 g/mol. The number of nitrogens with one attached hydrogen (secondary N) is 1. The second-order valence-corrected chi connectivity index (χ2v) is 4.88. The topological polar surface area (TPSA) is 65.1 Å². The van der Waals surface area contributed by atoms with Gasteiger partial charge in [0, 0.05) is 24.8 Å². The van der Waals surface area contributed by atoms with Crippen LogP contribution >= 0.6 is 0 Å². The molecule has 0 bridgehead atoms. The van der Waals surface area contributed by atoms with Crippen molar-refractivity contribution < 1.29 is 4.74 Å². The highest BCUT2D eigenvalue weighted by Gasteiger charge is 2.02. The van der Waals surface area contributed by atoms with Gasteiger partial charge in [-0.2, -0.15) is 5.10 Å². The van der Waals surface area contributed by atoms with Crippen LogP contribution in [0, 0.1) is 13.8 Å². The summed E-state index contributed by atoms with van der Waals surface area (Å²) in [4.78, 5) is 0. The molecule has 5 heteroatoms. The molecule has 108 valence electrons. The van der Waals surface area contributed by atoms with E-state index in [1.807, 2.05) is 29.8 Å². The Balaban J connectivity index is 1.85. The van der Waals surface area contributed by atoms with Crippen LogP contribution in [-0.2, 0) is 6.54 Å². The van der Waals surface area contributed by atoms with Gasteiger partial charge in [-0.1, -0.05) is 0 Å². The molecule has 2 aromatic rings. The molecule has 0 aliphatic heterocycles. The van der Waals surface area contributed by atoms with Crippen LogP contribution in [0.15, 0.2) is 24.3 Å². The van der Waals surface area contributed by atoms with E-state index in [2.05, 4.69) is 23.4 Å². The van der Waals surface area contributed by atoms with Crippen molar-refractivity contribution in [2.45, 2.75) is 26.8 Å². The molecule has 20 heavy (non-hydrogen) atoms. The maximum atomic E-state index is 5.93. The molecule has 0 aliphatic rings. The van der Waals surface area contributed by atoms with Gasteiger partial charge < -0.3 is 15.8 Å². The van der Waals surface area contributed by atoms with Crippen molar-refractivity contribution in [1.29, 1.82) is 0 Å². The lowest BCUT2D eigenvalue weighted by molar-refractivity contribution is 0.415. The van der Waals surface area contributed by atoms with E-state index in [1.165, 1.54) is 5.69 Å². The van der Waals surface area contributed by atoms with Crippen molar-refractivity contribution in [3.63, 3.8) is 0 Å². The predicted molar refractivity (Wildman–Crippen MR) is 82.2 cm³/mol. The van der Waals surface area contributed by atoms with Gasteiger partial charge in [-0.15, -0.1) is 0 Å². The van der Waals surface area contributed by atoms with Crippen LogP contribution in [0.4, 0.5) is 11.4 Å². The molecule has 1 aromatic heterocycles. The lowest BCUT2D eigenvalue weighted by Crippen LogP contribution is -2.10. The maximum absolute atomic E-state index is 5.93. The number of nitrogen functional groups attached to an aromatic ring is 1. The maximum Gasteiger partial charge on any atom is 0.121 e. The Morgan fingerprint density at radius 2 is 2.10 bits per heavy atom. The summed E-state index contributed by atoms with van der Waals surface area (Å²) in [5.41, 5.74) is 9.84. The van der Waals surface area contributed by atoms with Crippen LogP contribution in [-0.4, -0.2) is 23.4 Å². The SMILES string of the molecule is COc1ccc(N)c(NCCCn2nc(C)cc2C)c1. The smallest absolute Gasteiger partial charge is 0.121 e. The molecule has 0 fully saturated rings. The number of ether oxygens (including phenoxy) is 1. The zero-order valence-electron chi connectivity index (χ0n) is 12.3. The van der Waals surface area contributed by atoms with Crippen LogP contribution in [0.1, 0.15) is 17.8 Å². The monoisotopic (exact) mass is 274 g/mol. The van der Waals surface area contributed by atoms with Crippen LogP contribution in [0.25, 0.3) is 0 Å². The minimum atomic E-state index is 0.733. The Bertz CT molecular complexity index is 577. The van der Waals surface area contributed by atoms with E-state index in [4.69, 9.17) is 10.5 Å². The van der Waals surface area contributed by atoms with Crippen molar-refractivity contribution in [3.05, 3.63) is 35.7 Å². The lowest BCUT2D eigenvalue weighted by Gasteiger charge is -2.11. The second-order valence-electron chi connectivity index (χ2n) is 4.88. The third-order valence-electron chi connectivity index (χ3n) is 3.23. The number of anilines is 2. The van der Waals surface area contributed by atoms with E-state index in [0.29, 0.717) is 0 Å². The van der Waals surface area contributed by atoms with Crippen molar-refractivity contribution >= 4 is 11.4 Å². The standard InChI is InChI=1S/C15H22N4O/c1-11-9-12(2)19(18-11)8-4-7-17-15-10-13(20-3)5-6-14(15)16/h5-6,9-10,17H,4,7-8,16H2,1-3H3. The zero-order chi connectivity index (χ0) is 14.5. The molecular weight excluding hydrogens is 252 g/mol. The molecular formula is C15H22N4O. The molecule has 0 saturated carbocycles. The summed E-state index contributed by atoms with van der Waals surface area (Å²) in [6.07, 6.45) is 0.985. The summed E-state index contributed by atoms with van der Waals surface area (Å²) >= 11 is 0. The van der Waals surface area contributed by atoms with Gasteiger partial charge in [0.05, 0.1) is 24.2 Å². The first-order valence-electron chi connectivity index (χ1n) is 6.78. The largest absolute Gasteiger partial charge is 0.497 e. The normalized spacial score (nSPS) is 10.6. The molecule has 0 atom stereocenters. The number of rotatable bonds is 6. The third-order valence-corrected chi connectivity index (χ3v) is 3.23. The molecule has 0 unspecified atom stereocenters. The highest BCUT2D eigenvalue weighted by atomic mass is 16.5. The van der Waals surface area contributed by atoms with Crippen LogP contribution in [0.2, 0.25) is 0 Å². The summed E-state index contributed by atoms with van der Waals surface area (Å²) in [5, 5.41) is 7.78. The summed E-state index contributed by atoms with van der Waals surface area (Å²) in [6, 6.07) is 7.71. The Hall–Kier alpha value is -2.17. The summed E-state index contributed by atoms with van der Waals surface area (Å²) in [7, 11) is 1.65. The number of methoxy groups -OCH3 is 1. The van der Waals surface area contributed by atoms with Gasteiger partial charge in [0.2, 0.25) is 0 Å². The minimum absolute atomic E-state index is 0.733. The van der Waals surface area contributed by atoms with Gasteiger partial charge >= 0.3 is 0 Å². The van der Waals surface area contributed by atoms with Crippen molar-refractivity contribution in [3.8, 4) is 5.75 Å². The fourth-order valence-corrected chi connectivity index (χ4v) is 2.17. The lowest BCUT2D eigenvalue weighted by atomic mass is 10.2. The number of aryl methyl sites for hydroxylation is 3. The Morgan fingerprint density at radius 1 is 1.30 bits per heavy atom. The first kappa shape index (κ1) is 14.2. The molecule has 1 heterocycles. The fraction of sp³-hybridized carbons (Fsp3) is 0.400. The molecule has 0 spiro atoms. The highest BCUT2D eigenvalue weighted by molar-refractivity contribution is 5.68. The molecule has 3 N–H and O–H groups in total. The first-order chi connectivity index (χ1) is 9.60. The number of aromatic nitrogens is 2. The van der Waals surface area contributed by atoms with Crippen LogP contribution in [0.3, 0.4) is 0 Å². The predicted octanol–water partition coefficient (Wildman–Crippen LogP) is 2.59. The number of benzene rings is 1. The van der Waals surface area contributed by atoms with E-state index < -0.39 is 0 Å². The molecule has 5 nitrogen and oxygen atoms in total. The van der Waals surface area contributed by atoms with Gasteiger partial charge in [0.15, 0.2) is 0 Å². The molecule has 0 amide bonds. The second kappa shape index (κ2) is 6.32. The van der Waals surface area contributed by atoms with E-state index in [1.54, 1.807) is 7.11 Å². The number of nitrogens with two attached hydrogens (primary N) is 1. The molecule has 0 saturated heterocycles. The first-order valence-corrected chi connectivity index (χ1v) is 6.78. The quantitative estimate of drug-likeness (QED) is 0.627. The fourth-order valence-electron chi connectivity index (χ4n) is 2.17. The number of hydrogen-bond acceptors (Lipinski definition) is 4. The van der Waals surface area contributed by atoms with E-state index in [0.717, 1.165) is 42.3 Å². The number of hydrogen-bond donors (Lipinski definition) is 2. The van der Waals surface area contributed by atoms with Gasteiger partial charge in [0.25, 0.3) is 0 Å².